The molecule has 1 heterocycles. The Morgan fingerprint density at radius 3 is 2.50 bits per heavy atom. The SMILES string of the molecule is COc1ccccc1CCNc1cc(C)nc(Nc2ccc(C)cc2)n1. The lowest BCUT2D eigenvalue weighted by Crippen LogP contribution is -2.09. The molecule has 3 rings (SSSR count). The van der Waals surface area contributed by atoms with Crippen LogP contribution in [0.3, 0.4) is 0 Å². The van der Waals surface area contributed by atoms with E-state index in [0.717, 1.165) is 35.9 Å². The van der Waals surface area contributed by atoms with Crippen LogP contribution < -0.4 is 15.4 Å². The van der Waals surface area contributed by atoms with Gasteiger partial charge in [-0.2, -0.15) is 4.98 Å². The monoisotopic (exact) mass is 348 g/mol. The molecule has 0 amide bonds. The van der Waals surface area contributed by atoms with E-state index in [1.165, 1.54) is 11.1 Å². The van der Waals surface area contributed by atoms with Gasteiger partial charge >= 0.3 is 0 Å². The Labute approximate surface area is 154 Å². The number of hydrogen-bond acceptors (Lipinski definition) is 5. The zero-order chi connectivity index (χ0) is 18.4. The maximum Gasteiger partial charge on any atom is 0.229 e. The fourth-order valence-electron chi connectivity index (χ4n) is 2.72. The van der Waals surface area contributed by atoms with E-state index in [1.807, 2.05) is 43.3 Å². The number of anilines is 3. The van der Waals surface area contributed by atoms with Gasteiger partial charge in [0.25, 0.3) is 0 Å². The molecule has 0 unspecified atom stereocenters. The molecule has 0 radical (unpaired) electrons. The highest BCUT2D eigenvalue weighted by Crippen LogP contribution is 2.19. The third kappa shape index (κ3) is 4.72. The number of aryl methyl sites for hydroxylation is 2. The highest BCUT2D eigenvalue weighted by atomic mass is 16.5. The number of rotatable bonds is 7. The summed E-state index contributed by atoms with van der Waals surface area (Å²) in [7, 11) is 1.70. The second-order valence-corrected chi connectivity index (χ2v) is 6.20. The molecule has 5 nitrogen and oxygen atoms in total. The van der Waals surface area contributed by atoms with E-state index in [9.17, 15) is 0 Å². The molecule has 2 aromatic carbocycles. The second kappa shape index (κ2) is 8.34. The Balaban J connectivity index is 1.65. The lowest BCUT2D eigenvalue weighted by atomic mass is 10.1. The van der Waals surface area contributed by atoms with E-state index in [-0.39, 0.29) is 0 Å². The van der Waals surface area contributed by atoms with Crippen LogP contribution in [0.25, 0.3) is 0 Å². The summed E-state index contributed by atoms with van der Waals surface area (Å²) in [5.41, 5.74) is 4.28. The van der Waals surface area contributed by atoms with Crippen molar-refractivity contribution in [1.29, 1.82) is 0 Å². The van der Waals surface area contributed by atoms with Crippen molar-refractivity contribution in [2.45, 2.75) is 20.3 Å². The van der Waals surface area contributed by atoms with Crippen LogP contribution in [0.4, 0.5) is 17.5 Å². The molecule has 0 atom stereocenters. The summed E-state index contributed by atoms with van der Waals surface area (Å²) in [5, 5.41) is 6.63. The first-order chi connectivity index (χ1) is 12.6. The zero-order valence-electron chi connectivity index (χ0n) is 15.4. The molecular weight excluding hydrogens is 324 g/mol. The van der Waals surface area contributed by atoms with Crippen LogP contribution in [0, 0.1) is 13.8 Å². The summed E-state index contributed by atoms with van der Waals surface area (Å²) in [6, 6.07) is 18.2. The van der Waals surface area contributed by atoms with Crippen LogP contribution in [-0.4, -0.2) is 23.6 Å². The van der Waals surface area contributed by atoms with Crippen LogP contribution >= 0.6 is 0 Å². The molecule has 0 aliphatic heterocycles. The van der Waals surface area contributed by atoms with Gasteiger partial charge in [-0.3, -0.25) is 0 Å². The van der Waals surface area contributed by atoms with Gasteiger partial charge in [0.05, 0.1) is 7.11 Å². The number of aromatic nitrogens is 2. The average molecular weight is 348 g/mol. The Morgan fingerprint density at radius 1 is 0.962 bits per heavy atom. The molecule has 2 N–H and O–H groups in total. The fraction of sp³-hybridized carbons (Fsp3) is 0.238. The van der Waals surface area contributed by atoms with Gasteiger partial charge in [0.15, 0.2) is 0 Å². The standard InChI is InChI=1S/C21H24N4O/c1-15-8-10-18(11-9-15)24-21-23-16(2)14-20(25-21)22-13-12-17-6-4-5-7-19(17)26-3/h4-11,14H,12-13H2,1-3H3,(H2,22,23,24,25). The molecule has 0 spiro atoms. The quantitative estimate of drug-likeness (QED) is 0.658. The molecule has 0 saturated heterocycles. The molecule has 0 aliphatic rings. The van der Waals surface area contributed by atoms with Crippen LogP contribution in [0.15, 0.2) is 54.6 Å². The normalized spacial score (nSPS) is 10.4. The largest absolute Gasteiger partial charge is 0.496 e. The Bertz CT molecular complexity index is 862. The minimum absolute atomic E-state index is 0.591. The predicted octanol–water partition coefficient (Wildman–Crippen LogP) is 4.50. The molecule has 0 bridgehead atoms. The van der Waals surface area contributed by atoms with E-state index in [2.05, 4.69) is 45.7 Å². The van der Waals surface area contributed by atoms with Crippen LogP contribution in [0.5, 0.6) is 5.75 Å². The van der Waals surface area contributed by atoms with Crippen molar-refractivity contribution in [3.63, 3.8) is 0 Å². The van der Waals surface area contributed by atoms with E-state index in [1.54, 1.807) is 7.11 Å². The molecule has 26 heavy (non-hydrogen) atoms. The van der Waals surface area contributed by atoms with Gasteiger partial charge in [0.1, 0.15) is 11.6 Å². The number of benzene rings is 2. The van der Waals surface area contributed by atoms with Crippen molar-refractivity contribution in [1.82, 2.24) is 9.97 Å². The predicted molar refractivity (Wildman–Crippen MR) is 106 cm³/mol. The zero-order valence-corrected chi connectivity index (χ0v) is 15.4. The van der Waals surface area contributed by atoms with Gasteiger partial charge in [-0.05, 0) is 44.0 Å². The summed E-state index contributed by atoms with van der Waals surface area (Å²) >= 11 is 0. The fourth-order valence-corrected chi connectivity index (χ4v) is 2.72. The molecule has 5 heteroatoms. The maximum absolute atomic E-state index is 5.40. The molecule has 3 aromatic rings. The van der Waals surface area contributed by atoms with Gasteiger partial charge in [0.2, 0.25) is 5.95 Å². The molecule has 0 aliphatic carbocycles. The average Bonchev–Trinajstić information content (AvgIpc) is 2.64. The Kier molecular flexibility index (Phi) is 5.69. The molecule has 0 fully saturated rings. The van der Waals surface area contributed by atoms with Crippen LogP contribution in [-0.2, 0) is 6.42 Å². The van der Waals surface area contributed by atoms with Crippen molar-refractivity contribution >= 4 is 17.5 Å². The Hall–Kier alpha value is -3.08. The first-order valence-corrected chi connectivity index (χ1v) is 8.69. The van der Waals surface area contributed by atoms with Crippen molar-refractivity contribution in [3.05, 3.63) is 71.4 Å². The van der Waals surface area contributed by atoms with Gasteiger partial charge in [0, 0.05) is 24.0 Å². The van der Waals surface area contributed by atoms with Gasteiger partial charge in [-0.15, -0.1) is 0 Å². The van der Waals surface area contributed by atoms with Crippen LogP contribution in [0.2, 0.25) is 0 Å². The highest BCUT2D eigenvalue weighted by molar-refractivity contribution is 5.55. The third-order valence-corrected chi connectivity index (χ3v) is 4.05. The number of hydrogen-bond donors (Lipinski definition) is 2. The van der Waals surface area contributed by atoms with E-state index in [4.69, 9.17) is 4.74 Å². The minimum Gasteiger partial charge on any atom is -0.496 e. The van der Waals surface area contributed by atoms with Crippen molar-refractivity contribution in [3.8, 4) is 5.75 Å². The van der Waals surface area contributed by atoms with E-state index < -0.39 is 0 Å². The third-order valence-electron chi connectivity index (χ3n) is 4.05. The number of para-hydroxylation sites is 1. The van der Waals surface area contributed by atoms with Crippen molar-refractivity contribution < 1.29 is 4.74 Å². The first kappa shape index (κ1) is 17.7. The molecule has 134 valence electrons. The van der Waals surface area contributed by atoms with Gasteiger partial charge in [-0.25, -0.2) is 4.98 Å². The summed E-state index contributed by atoms with van der Waals surface area (Å²) in [6.07, 6.45) is 0.855. The topological polar surface area (TPSA) is 59.1 Å². The molecule has 1 aromatic heterocycles. The summed E-state index contributed by atoms with van der Waals surface area (Å²) in [6.45, 7) is 4.80. The summed E-state index contributed by atoms with van der Waals surface area (Å²) in [4.78, 5) is 9.02. The first-order valence-electron chi connectivity index (χ1n) is 8.69. The molecule has 0 saturated carbocycles. The van der Waals surface area contributed by atoms with Gasteiger partial charge in [-0.1, -0.05) is 35.9 Å². The summed E-state index contributed by atoms with van der Waals surface area (Å²) < 4.78 is 5.40. The number of ether oxygens (including phenoxy) is 1. The number of nitrogens with one attached hydrogen (secondary N) is 2. The van der Waals surface area contributed by atoms with Crippen molar-refractivity contribution in [2.24, 2.45) is 0 Å². The molecular formula is C21H24N4O. The van der Waals surface area contributed by atoms with Crippen molar-refractivity contribution in [2.75, 3.05) is 24.3 Å². The lowest BCUT2D eigenvalue weighted by Gasteiger charge is -2.11. The highest BCUT2D eigenvalue weighted by Gasteiger charge is 2.05. The number of methoxy groups -OCH3 is 1. The Morgan fingerprint density at radius 2 is 1.73 bits per heavy atom. The summed E-state index contributed by atoms with van der Waals surface area (Å²) in [5.74, 6) is 2.31. The second-order valence-electron chi connectivity index (χ2n) is 6.20. The maximum atomic E-state index is 5.40. The minimum atomic E-state index is 0.591. The van der Waals surface area contributed by atoms with E-state index in [0.29, 0.717) is 5.95 Å². The lowest BCUT2D eigenvalue weighted by molar-refractivity contribution is 0.410. The van der Waals surface area contributed by atoms with Gasteiger partial charge < -0.3 is 15.4 Å². The number of nitrogens with zero attached hydrogens (tertiary/aromatic N) is 2. The van der Waals surface area contributed by atoms with Crippen LogP contribution in [0.1, 0.15) is 16.8 Å². The van der Waals surface area contributed by atoms with E-state index >= 15 is 0 Å². The smallest absolute Gasteiger partial charge is 0.229 e.